The number of rotatable bonds is 4. The fourth-order valence-electron chi connectivity index (χ4n) is 2.68. The van der Waals surface area contributed by atoms with Crippen LogP contribution in [0.5, 0.6) is 5.75 Å². The van der Waals surface area contributed by atoms with Gasteiger partial charge in [0, 0.05) is 16.7 Å². The summed E-state index contributed by atoms with van der Waals surface area (Å²) in [5, 5.41) is 3.30. The Bertz CT molecular complexity index is 746. The Morgan fingerprint density at radius 1 is 1.33 bits per heavy atom. The zero-order chi connectivity index (χ0) is 17.1. The van der Waals surface area contributed by atoms with Gasteiger partial charge in [-0.25, -0.2) is 4.98 Å². The van der Waals surface area contributed by atoms with Gasteiger partial charge < -0.3 is 15.0 Å². The van der Waals surface area contributed by atoms with Crippen LogP contribution in [-0.4, -0.2) is 31.1 Å². The van der Waals surface area contributed by atoms with Crippen molar-refractivity contribution in [1.29, 1.82) is 0 Å². The van der Waals surface area contributed by atoms with Crippen molar-refractivity contribution in [3.63, 3.8) is 0 Å². The van der Waals surface area contributed by atoms with Crippen LogP contribution in [0, 0.1) is 3.57 Å². The standard InChI is InChI=1S/C17H17ClIN3O2/c1-24-15-9-14(19)13(18)8-12(15)17(23)21-16-5-4-11(10-20-16)22-6-2-3-7-22/h4-5,8-10H,2-3,6-7H2,1H3,(H,20,21,23). The summed E-state index contributed by atoms with van der Waals surface area (Å²) in [7, 11) is 1.53. The largest absolute Gasteiger partial charge is 0.496 e. The molecule has 0 spiro atoms. The number of halogens is 2. The number of ether oxygens (including phenoxy) is 1. The number of carbonyl (C=O) groups is 1. The van der Waals surface area contributed by atoms with Gasteiger partial charge in [0.2, 0.25) is 0 Å². The fourth-order valence-corrected chi connectivity index (χ4v) is 3.28. The Kier molecular flexibility index (Phi) is 5.45. The quantitative estimate of drug-likeness (QED) is 0.699. The summed E-state index contributed by atoms with van der Waals surface area (Å²) in [5.41, 5.74) is 1.47. The van der Waals surface area contributed by atoms with Crippen molar-refractivity contribution in [3.05, 3.63) is 44.6 Å². The first-order valence-corrected chi connectivity index (χ1v) is 9.09. The molecule has 1 saturated heterocycles. The third-order valence-electron chi connectivity index (χ3n) is 3.95. The molecule has 0 atom stereocenters. The smallest absolute Gasteiger partial charge is 0.260 e. The summed E-state index contributed by atoms with van der Waals surface area (Å²) >= 11 is 8.22. The average Bonchev–Trinajstić information content (AvgIpc) is 3.12. The van der Waals surface area contributed by atoms with E-state index in [0.717, 1.165) is 22.3 Å². The van der Waals surface area contributed by atoms with Crippen molar-refractivity contribution >= 4 is 51.6 Å². The van der Waals surface area contributed by atoms with Gasteiger partial charge in [-0.3, -0.25) is 4.79 Å². The molecule has 7 heteroatoms. The molecule has 1 fully saturated rings. The molecule has 3 rings (SSSR count). The molecule has 1 aromatic carbocycles. The van der Waals surface area contributed by atoms with Crippen molar-refractivity contribution in [2.24, 2.45) is 0 Å². The lowest BCUT2D eigenvalue weighted by molar-refractivity contribution is 0.102. The number of benzene rings is 1. The van der Waals surface area contributed by atoms with Crippen LogP contribution in [0.2, 0.25) is 5.02 Å². The molecule has 0 saturated carbocycles. The topological polar surface area (TPSA) is 54.5 Å². The fraction of sp³-hybridized carbons (Fsp3) is 0.294. The second-order valence-electron chi connectivity index (χ2n) is 5.52. The van der Waals surface area contributed by atoms with E-state index < -0.39 is 0 Å². The summed E-state index contributed by atoms with van der Waals surface area (Å²) in [6, 6.07) is 7.14. The predicted octanol–water partition coefficient (Wildman–Crippen LogP) is 4.20. The van der Waals surface area contributed by atoms with Crippen LogP contribution in [0.3, 0.4) is 0 Å². The normalized spacial score (nSPS) is 13.9. The molecule has 1 aliphatic rings. The van der Waals surface area contributed by atoms with Gasteiger partial charge in [-0.1, -0.05) is 11.6 Å². The first-order valence-electron chi connectivity index (χ1n) is 7.64. The third-order valence-corrected chi connectivity index (χ3v) is 5.47. The van der Waals surface area contributed by atoms with Gasteiger partial charge in [-0.05, 0) is 59.7 Å². The van der Waals surface area contributed by atoms with Gasteiger partial charge in [0.1, 0.15) is 11.6 Å². The molecular weight excluding hydrogens is 441 g/mol. The summed E-state index contributed by atoms with van der Waals surface area (Å²) in [4.78, 5) is 19.1. The van der Waals surface area contributed by atoms with Crippen LogP contribution in [-0.2, 0) is 0 Å². The van der Waals surface area contributed by atoms with Gasteiger partial charge in [0.15, 0.2) is 0 Å². The first-order chi connectivity index (χ1) is 11.6. The van der Waals surface area contributed by atoms with Crippen LogP contribution >= 0.6 is 34.2 Å². The minimum Gasteiger partial charge on any atom is -0.496 e. The van der Waals surface area contributed by atoms with E-state index in [1.165, 1.54) is 20.0 Å². The molecule has 2 heterocycles. The second kappa shape index (κ2) is 7.57. The Morgan fingerprint density at radius 2 is 2.08 bits per heavy atom. The molecule has 0 aliphatic carbocycles. The number of anilines is 2. The van der Waals surface area contributed by atoms with E-state index in [4.69, 9.17) is 16.3 Å². The van der Waals surface area contributed by atoms with E-state index in [1.54, 1.807) is 18.3 Å². The molecule has 5 nitrogen and oxygen atoms in total. The molecule has 0 unspecified atom stereocenters. The molecule has 1 aliphatic heterocycles. The SMILES string of the molecule is COc1cc(I)c(Cl)cc1C(=O)Nc1ccc(N2CCCC2)cn1. The Labute approximate surface area is 159 Å². The van der Waals surface area contributed by atoms with E-state index in [-0.39, 0.29) is 5.91 Å². The summed E-state index contributed by atoms with van der Waals surface area (Å²) in [6.45, 7) is 2.12. The van der Waals surface area contributed by atoms with Gasteiger partial charge in [-0.2, -0.15) is 0 Å². The minimum atomic E-state index is -0.299. The molecule has 1 amide bonds. The monoisotopic (exact) mass is 457 g/mol. The zero-order valence-electron chi connectivity index (χ0n) is 13.2. The van der Waals surface area contributed by atoms with Crippen LogP contribution in [0.15, 0.2) is 30.5 Å². The van der Waals surface area contributed by atoms with Gasteiger partial charge >= 0.3 is 0 Å². The molecule has 126 valence electrons. The van der Waals surface area contributed by atoms with Crippen LogP contribution in [0.1, 0.15) is 23.2 Å². The number of hydrogen-bond donors (Lipinski definition) is 1. The van der Waals surface area contributed by atoms with E-state index in [2.05, 4.69) is 37.8 Å². The van der Waals surface area contributed by atoms with Gasteiger partial charge in [0.25, 0.3) is 5.91 Å². The predicted molar refractivity (Wildman–Crippen MR) is 104 cm³/mol. The Morgan fingerprint density at radius 3 is 2.71 bits per heavy atom. The molecule has 2 aromatic rings. The number of hydrogen-bond acceptors (Lipinski definition) is 4. The van der Waals surface area contributed by atoms with Crippen molar-refractivity contribution in [1.82, 2.24) is 4.98 Å². The van der Waals surface area contributed by atoms with Crippen LogP contribution in [0.4, 0.5) is 11.5 Å². The maximum Gasteiger partial charge on any atom is 0.260 e. The lowest BCUT2D eigenvalue weighted by atomic mass is 10.2. The number of nitrogens with zero attached hydrogens (tertiary/aromatic N) is 2. The summed E-state index contributed by atoms with van der Waals surface area (Å²) < 4.78 is 6.10. The number of carbonyl (C=O) groups excluding carboxylic acids is 1. The van der Waals surface area contributed by atoms with Crippen molar-refractivity contribution in [3.8, 4) is 5.75 Å². The third kappa shape index (κ3) is 3.75. The number of amides is 1. The molecule has 24 heavy (non-hydrogen) atoms. The second-order valence-corrected chi connectivity index (χ2v) is 7.09. The summed E-state index contributed by atoms with van der Waals surface area (Å²) in [5.74, 6) is 0.682. The molecule has 1 aromatic heterocycles. The molecule has 0 radical (unpaired) electrons. The van der Waals surface area contributed by atoms with E-state index in [0.29, 0.717) is 22.2 Å². The number of methoxy groups -OCH3 is 1. The number of aromatic nitrogens is 1. The van der Waals surface area contributed by atoms with E-state index in [9.17, 15) is 4.79 Å². The molecule has 1 N–H and O–H groups in total. The van der Waals surface area contributed by atoms with Gasteiger partial charge in [0.05, 0.1) is 29.6 Å². The van der Waals surface area contributed by atoms with E-state index >= 15 is 0 Å². The van der Waals surface area contributed by atoms with E-state index in [1.807, 2.05) is 12.1 Å². The lowest BCUT2D eigenvalue weighted by Gasteiger charge is -2.17. The van der Waals surface area contributed by atoms with Crippen molar-refractivity contribution in [2.75, 3.05) is 30.4 Å². The maximum absolute atomic E-state index is 12.5. The highest BCUT2D eigenvalue weighted by atomic mass is 127. The molecule has 0 bridgehead atoms. The van der Waals surface area contributed by atoms with Gasteiger partial charge in [-0.15, -0.1) is 0 Å². The minimum absolute atomic E-state index is 0.299. The van der Waals surface area contributed by atoms with Crippen molar-refractivity contribution < 1.29 is 9.53 Å². The highest BCUT2D eigenvalue weighted by Gasteiger charge is 2.17. The average molecular weight is 458 g/mol. The maximum atomic E-state index is 12.5. The number of nitrogens with one attached hydrogen (secondary N) is 1. The van der Waals surface area contributed by atoms with Crippen LogP contribution in [0.25, 0.3) is 0 Å². The first kappa shape index (κ1) is 17.3. The zero-order valence-corrected chi connectivity index (χ0v) is 16.1. The van der Waals surface area contributed by atoms with Crippen LogP contribution < -0.4 is 15.0 Å². The highest BCUT2D eigenvalue weighted by Crippen LogP contribution is 2.29. The highest BCUT2D eigenvalue weighted by molar-refractivity contribution is 14.1. The van der Waals surface area contributed by atoms with Crippen molar-refractivity contribution in [2.45, 2.75) is 12.8 Å². The lowest BCUT2D eigenvalue weighted by Crippen LogP contribution is -2.18. The summed E-state index contributed by atoms with van der Waals surface area (Å²) in [6.07, 6.45) is 4.22. The number of pyridine rings is 1. The molecular formula is C17H17ClIN3O2. The Balaban J connectivity index is 1.76. The Hall–Kier alpha value is -1.54.